The number of carboxylic acid groups (broad SMARTS) is 1. The molecule has 21 heteroatoms. The summed E-state index contributed by atoms with van der Waals surface area (Å²) in [6.07, 6.45) is 3.83. The third-order valence-electron chi connectivity index (χ3n) is 6.67. The lowest BCUT2D eigenvalue weighted by Crippen LogP contribution is -2.73. The Bertz CT molecular complexity index is 1550. The van der Waals surface area contributed by atoms with Crippen molar-refractivity contribution >= 4 is 56.1 Å². The highest BCUT2D eigenvalue weighted by atomic mass is 32.2. The van der Waals surface area contributed by atoms with E-state index in [0.717, 1.165) is 29.0 Å². The number of anilines is 1. The lowest BCUT2D eigenvalue weighted by molar-refractivity contribution is -0.153. The Hall–Kier alpha value is -4.21. The number of carbonyl (C=O) groups excluding carboxylic acids is 2. The first-order valence-corrected chi connectivity index (χ1v) is 15.3. The van der Waals surface area contributed by atoms with Crippen molar-refractivity contribution in [2.24, 2.45) is 21.6 Å². The fourth-order valence-corrected chi connectivity index (χ4v) is 5.55. The molecule has 1 aliphatic heterocycles. The molecule has 2 aromatic rings. The molecule has 234 valence electrons. The molecule has 2 fully saturated rings. The predicted octanol–water partition coefficient (Wildman–Crippen LogP) is -1.60. The number of aromatic nitrogens is 4. The molecule has 2 amide bonds. The highest BCUT2D eigenvalue weighted by molar-refractivity contribution is 7.84. The van der Waals surface area contributed by atoms with Gasteiger partial charge in [0.2, 0.25) is 5.60 Å². The minimum atomic E-state index is -5.02. The molecule has 4 rings (SSSR count). The summed E-state index contributed by atoms with van der Waals surface area (Å²) in [5.74, 6) is -3.04. The van der Waals surface area contributed by atoms with Crippen LogP contribution >= 0.6 is 11.3 Å². The average molecular weight is 642 g/mol. The summed E-state index contributed by atoms with van der Waals surface area (Å²) in [5.41, 5.74) is 15.4. The van der Waals surface area contributed by atoms with Gasteiger partial charge >= 0.3 is 16.3 Å². The van der Waals surface area contributed by atoms with Gasteiger partial charge in [-0.05, 0) is 26.3 Å². The van der Waals surface area contributed by atoms with E-state index < -0.39 is 57.5 Å². The van der Waals surface area contributed by atoms with Gasteiger partial charge in [-0.3, -0.25) is 19.1 Å². The van der Waals surface area contributed by atoms with Crippen molar-refractivity contribution in [3.63, 3.8) is 0 Å². The normalized spacial score (nSPS) is 20.8. The number of nitrogens with one attached hydrogen (secondary N) is 1. The van der Waals surface area contributed by atoms with Crippen LogP contribution in [0.15, 0.2) is 21.7 Å². The molecule has 1 saturated carbocycles. The number of nitrogen functional groups attached to an aromatic ring is 1. The minimum Gasteiger partial charge on any atom is -0.478 e. The van der Waals surface area contributed by atoms with E-state index in [0.29, 0.717) is 24.5 Å². The molecule has 0 bridgehead atoms. The number of amidine groups is 1. The second kappa shape index (κ2) is 12.6. The van der Waals surface area contributed by atoms with E-state index in [1.807, 2.05) is 0 Å². The van der Waals surface area contributed by atoms with Crippen LogP contribution in [0.2, 0.25) is 0 Å². The van der Waals surface area contributed by atoms with Gasteiger partial charge in [0.05, 0.1) is 24.6 Å². The zero-order chi connectivity index (χ0) is 31.5. The molecule has 1 aliphatic carbocycles. The first-order valence-electron chi connectivity index (χ1n) is 13.0. The van der Waals surface area contributed by atoms with Gasteiger partial charge in [-0.1, -0.05) is 5.16 Å². The van der Waals surface area contributed by atoms with Crippen LogP contribution in [0.3, 0.4) is 0 Å². The third-order valence-corrected chi connectivity index (χ3v) is 8.29. The summed E-state index contributed by atoms with van der Waals surface area (Å²) >= 11 is 0.968. The van der Waals surface area contributed by atoms with E-state index >= 15 is 0 Å². The van der Waals surface area contributed by atoms with Crippen LogP contribution in [0.1, 0.15) is 56.5 Å². The number of aliphatic carboxylic acids is 1. The predicted molar refractivity (Wildman–Crippen MR) is 151 cm³/mol. The van der Waals surface area contributed by atoms with Gasteiger partial charge in [0.1, 0.15) is 23.5 Å². The first-order chi connectivity index (χ1) is 20.3. The molecule has 2 aliphatic rings. The lowest BCUT2D eigenvalue weighted by Gasteiger charge is -2.43. The van der Waals surface area contributed by atoms with Gasteiger partial charge in [0, 0.05) is 24.6 Å². The van der Waals surface area contributed by atoms with E-state index in [9.17, 15) is 32.5 Å². The van der Waals surface area contributed by atoms with E-state index in [2.05, 4.69) is 30.6 Å². The Labute approximate surface area is 249 Å². The van der Waals surface area contributed by atoms with Gasteiger partial charge in [-0.15, -0.1) is 11.3 Å². The quantitative estimate of drug-likeness (QED) is 0.0319. The van der Waals surface area contributed by atoms with Crippen LogP contribution in [0.4, 0.5) is 5.13 Å². The van der Waals surface area contributed by atoms with Gasteiger partial charge in [0.15, 0.2) is 10.8 Å². The molecular formula is C22H31N11O8S2. The number of thiazole rings is 1. The molecule has 3 atom stereocenters. The summed E-state index contributed by atoms with van der Waals surface area (Å²) in [5, 5.41) is 25.2. The van der Waals surface area contributed by atoms with E-state index in [-0.39, 0.29) is 34.5 Å². The number of nitrogens with two attached hydrogens (primary N) is 3. The Kier molecular flexibility index (Phi) is 9.27. The summed E-state index contributed by atoms with van der Waals surface area (Å²) in [4.78, 5) is 52.1. The molecule has 0 aromatic carbocycles. The van der Waals surface area contributed by atoms with Crippen LogP contribution in [0, 0.1) is 0 Å². The smallest absolute Gasteiger partial charge is 0.362 e. The largest absolute Gasteiger partial charge is 0.478 e. The van der Waals surface area contributed by atoms with Crippen LogP contribution in [-0.2, 0) is 36.1 Å². The number of amides is 2. The van der Waals surface area contributed by atoms with Gasteiger partial charge in [0.25, 0.3) is 11.8 Å². The first kappa shape index (κ1) is 31.7. The number of rotatable bonds is 15. The van der Waals surface area contributed by atoms with Gasteiger partial charge < -0.3 is 32.5 Å². The minimum absolute atomic E-state index is 0.0635. The Balaban J connectivity index is 1.52. The van der Waals surface area contributed by atoms with Crippen LogP contribution in [0.5, 0.6) is 0 Å². The monoisotopic (exact) mass is 641 g/mol. The molecule has 3 heterocycles. The van der Waals surface area contributed by atoms with Gasteiger partial charge in [-0.2, -0.15) is 23.4 Å². The number of hydrogen-bond donors (Lipinski definition) is 6. The molecule has 1 saturated heterocycles. The summed E-state index contributed by atoms with van der Waals surface area (Å²) in [6, 6.07) is -3.32. The maximum Gasteiger partial charge on any atom is 0.362 e. The van der Waals surface area contributed by atoms with Crippen molar-refractivity contribution in [3.05, 3.63) is 23.0 Å². The molecule has 2 aromatic heterocycles. The Morgan fingerprint density at radius 2 is 2.07 bits per heavy atom. The van der Waals surface area contributed by atoms with Crippen LogP contribution < -0.4 is 22.5 Å². The van der Waals surface area contributed by atoms with Crippen molar-refractivity contribution < 1.29 is 37.3 Å². The van der Waals surface area contributed by atoms with E-state index in [1.165, 1.54) is 11.6 Å². The van der Waals surface area contributed by atoms with Crippen molar-refractivity contribution in [2.45, 2.75) is 69.3 Å². The molecular weight excluding hydrogens is 610 g/mol. The van der Waals surface area contributed by atoms with Crippen molar-refractivity contribution in [1.29, 1.82) is 0 Å². The average Bonchev–Trinajstić information content (AvgIpc) is 3.36. The van der Waals surface area contributed by atoms with Crippen LogP contribution in [-0.4, -0.2) is 95.9 Å². The Morgan fingerprint density at radius 3 is 2.65 bits per heavy atom. The van der Waals surface area contributed by atoms with Crippen molar-refractivity contribution in [2.75, 3.05) is 12.3 Å². The topological polar surface area (TPSA) is 297 Å². The Morgan fingerprint density at radius 1 is 1.35 bits per heavy atom. The summed E-state index contributed by atoms with van der Waals surface area (Å²) < 4.78 is 33.8. The fraction of sp³-hybridized carbons (Fsp3) is 0.545. The SMILES string of the molecule is CC(N=C(N)CCCCN)c1cnn(C[C@@H]2[C@H](NC(=O)/C(=N\OC3(C(=O)O)CC3)c3csc(N)n3)C(=O)N2S(=O)(=O)O)n1. The number of oxime groups is 1. The highest BCUT2D eigenvalue weighted by Crippen LogP contribution is 2.40. The molecule has 43 heavy (non-hydrogen) atoms. The van der Waals surface area contributed by atoms with E-state index in [1.54, 1.807) is 6.92 Å². The molecule has 1 unspecified atom stereocenters. The maximum atomic E-state index is 13.3. The van der Waals surface area contributed by atoms with E-state index in [4.69, 9.17) is 22.0 Å². The lowest BCUT2D eigenvalue weighted by atomic mass is 9.98. The number of carbonyl (C=O) groups is 3. The van der Waals surface area contributed by atoms with Gasteiger partial charge in [-0.25, -0.2) is 14.1 Å². The zero-order valence-corrected chi connectivity index (χ0v) is 24.5. The number of β-lactam (4-membered cyclic amide) rings is 1. The van der Waals surface area contributed by atoms with Crippen LogP contribution in [0.25, 0.3) is 0 Å². The molecule has 19 nitrogen and oxygen atoms in total. The maximum absolute atomic E-state index is 13.3. The zero-order valence-electron chi connectivity index (χ0n) is 22.9. The fourth-order valence-electron chi connectivity index (χ4n) is 4.13. The summed E-state index contributed by atoms with van der Waals surface area (Å²) in [6.45, 7) is 1.91. The standard InChI is InChI=1S/C22H31N11O8S2/c1-11(27-15(24)4-2-3-7-23)12-8-26-32(30-12)9-14-17(19(35)33(14)43(38,39)40)29-18(34)16(13-10-42-21(25)28-13)31-41-22(5-6-22)20(36)37/h8,10-11,14,17H,2-7,9,23H2,1H3,(H2,24,27)(H2,25,28)(H,29,34)(H,36,37)(H,38,39,40)/b31-16-/t11?,14-,17+/m1/s1. The second-order valence-corrected chi connectivity index (χ2v) is 12.1. The number of unbranched alkanes of at least 4 members (excludes halogenated alkanes) is 1. The summed E-state index contributed by atoms with van der Waals surface area (Å²) in [7, 11) is -5.02. The molecule has 9 N–H and O–H groups in total. The molecule has 0 radical (unpaired) electrons. The second-order valence-electron chi connectivity index (χ2n) is 9.90. The third kappa shape index (κ3) is 7.24. The number of carboxylic acids is 1. The van der Waals surface area contributed by atoms with Crippen molar-refractivity contribution in [1.82, 2.24) is 29.6 Å². The number of aliphatic imine (C=N–C) groups is 1. The number of hydrogen-bond acceptors (Lipinski definition) is 14. The number of nitrogens with zero attached hydrogens (tertiary/aromatic N) is 7. The highest BCUT2D eigenvalue weighted by Gasteiger charge is 2.56. The molecule has 0 spiro atoms. The van der Waals surface area contributed by atoms with Crippen molar-refractivity contribution in [3.8, 4) is 0 Å².